The van der Waals surface area contributed by atoms with Gasteiger partial charge in [-0.2, -0.15) is 0 Å². The van der Waals surface area contributed by atoms with Gasteiger partial charge in [0, 0.05) is 4.47 Å². The molecule has 0 atom stereocenters. The Morgan fingerprint density at radius 1 is 1.09 bits per heavy atom. The molecule has 0 saturated carbocycles. The summed E-state index contributed by atoms with van der Waals surface area (Å²) in [6.45, 7) is 0. The second kappa shape index (κ2) is 9.42. The summed E-state index contributed by atoms with van der Waals surface area (Å²) in [7, 11) is 0. The fraction of sp³-hybridized carbons (Fsp3) is 0. The van der Waals surface area contributed by atoms with Crippen LogP contribution in [0.5, 0.6) is 0 Å². The minimum absolute atomic E-state index is 0. The van der Waals surface area contributed by atoms with Gasteiger partial charge in [0.2, 0.25) is 0 Å². The zero-order valence-electron chi connectivity index (χ0n) is 5.53. The third-order valence-electron chi connectivity index (χ3n) is 0.824. The molecular formula is C6H4BrCl3Mg. The van der Waals surface area contributed by atoms with Gasteiger partial charge in [-0.05, 0) is 28.1 Å². The van der Waals surface area contributed by atoms with Crippen LogP contribution in [0, 0.1) is 0 Å². The zero-order valence-corrected chi connectivity index (χ0v) is 10.8. The number of hydrogen-bond donors (Lipinski definition) is 0. The van der Waals surface area contributed by atoms with Gasteiger partial charge in [0.1, 0.15) is 0 Å². The molecule has 0 heterocycles. The number of benzene rings is 1. The third kappa shape index (κ3) is 6.49. The maximum atomic E-state index is 5.66. The van der Waals surface area contributed by atoms with E-state index in [1.165, 1.54) is 0 Å². The molecule has 5 heteroatoms. The standard InChI is InChI=1S/C6H4BrCl.2ClH.Mg/c7-5-3-1-2-4-6(5)8;;;/h1-4H;2*1H;/q;;;+2/p-2. The normalized spacial score (nSPS) is 6.73. The van der Waals surface area contributed by atoms with Crippen molar-refractivity contribution in [3.63, 3.8) is 0 Å². The third-order valence-corrected chi connectivity index (χ3v) is 2.07. The van der Waals surface area contributed by atoms with E-state index in [0.29, 0.717) is 0 Å². The quantitative estimate of drug-likeness (QED) is 0.439. The average Bonchev–Trinajstić information content (AvgIpc) is 1.77. The van der Waals surface area contributed by atoms with E-state index in [2.05, 4.69) is 15.9 Å². The predicted molar refractivity (Wildman–Crippen MR) is 44.9 cm³/mol. The molecule has 0 fully saturated rings. The van der Waals surface area contributed by atoms with Crippen molar-refractivity contribution < 1.29 is 24.8 Å². The summed E-state index contributed by atoms with van der Waals surface area (Å²) < 4.78 is 0.946. The van der Waals surface area contributed by atoms with E-state index in [1.807, 2.05) is 24.3 Å². The number of halogens is 4. The van der Waals surface area contributed by atoms with Crippen molar-refractivity contribution >= 4 is 50.6 Å². The Morgan fingerprint density at radius 2 is 1.55 bits per heavy atom. The van der Waals surface area contributed by atoms with Gasteiger partial charge in [-0.15, -0.1) is 0 Å². The Balaban J connectivity index is -0.000000213. The van der Waals surface area contributed by atoms with E-state index >= 15 is 0 Å². The zero-order chi connectivity index (χ0) is 5.98. The Kier molecular flexibility index (Phi) is 15.6. The maximum Gasteiger partial charge on any atom is 2.00 e. The van der Waals surface area contributed by atoms with E-state index in [4.69, 9.17) is 11.6 Å². The first kappa shape index (κ1) is 18.2. The van der Waals surface area contributed by atoms with Crippen LogP contribution >= 0.6 is 27.5 Å². The molecule has 1 aromatic carbocycles. The van der Waals surface area contributed by atoms with E-state index in [9.17, 15) is 0 Å². The maximum absolute atomic E-state index is 5.66. The molecule has 0 aliphatic carbocycles. The van der Waals surface area contributed by atoms with Gasteiger partial charge in [-0.1, -0.05) is 23.7 Å². The molecule has 0 aromatic heterocycles. The predicted octanol–water partition coefficient (Wildman–Crippen LogP) is -3.27. The van der Waals surface area contributed by atoms with Crippen LogP contribution in [-0.4, -0.2) is 23.1 Å². The van der Waals surface area contributed by atoms with Crippen molar-refractivity contribution in [3.05, 3.63) is 33.8 Å². The molecule has 0 saturated heterocycles. The minimum Gasteiger partial charge on any atom is -1.00 e. The summed E-state index contributed by atoms with van der Waals surface area (Å²) >= 11 is 8.93. The SMILES string of the molecule is Clc1ccccc1Br.[Cl-].[Cl-].[Mg+2]. The van der Waals surface area contributed by atoms with Gasteiger partial charge in [-0.25, -0.2) is 0 Å². The van der Waals surface area contributed by atoms with Crippen molar-refractivity contribution in [1.82, 2.24) is 0 Å². The van der Waals surface area contributed by atoms with Crippen LogP contribution in [0.4, 0.5) is 0 Å². The van der Waals surface area contributed by atoms with Crippen LogP contribution in [0.15, 0.2) is 28.7 Å². The summed E-state index contributed by atoms with van der Waals surface area (Å²) in [6, 6.07) is 7.57. The molecule has 0 N–H and O–H groups in total. The van der Waals surface area contributed by atoms with Crippen molar-refractivity contribution in [2.75, 3.05) is 0 Å². The molecule has 1 rings (SSSR count). The smallest absolute Gasteiger partial charge is 1.00 e. The summed E-state index contributed by atoms with van der Waals surface area (Å²) in [5.41, 5.74) is 0. The first-order valence-corrected chi connectivity index (χ1v) is 3.38. The van der Waals surface area contributed by atoms with Crippen molar-refractivity contribution in [2.45, 2.75) is 0 Å². The second-order valence-corrected chi connectivity index (χ2v) is 2.68. The fourth-order valence-corrected chi connectivity index (χ4v) is 0.860. The molecule has 0 aliphatic rings. The molecule has 0 aliphatic heterocycles. The van der Waals surface area contributed by atoms with Crippen molar-refractivity contribution in [2.24, 2.45) is 0 Å². The summed E-state index contributed by atoms with van der Waals surface area (Å²) in [6.07, 6.45) is 0. The molecule has 11 heavy (non-hydrogen) atoms. The largest absolute Gasteiger partial charge is 2.00 e. The molecule has 0 bridgehead atoms. The first-order valence-electron chi connectivity index (χ1n) is 2.21. The van der Waals surface area contributed by atoms with E-state index in [0.717, 1.165) is 9.50 Å². The molecule has 58 valence electrons. The Bertz CT molecular complexity index is 174. The van der Waals surface area contributed by atoms with Gasteiger partial charge < -0.3 is 24.8 Å². The van der Waals surface area contributed by atoms with Gasteiger partial charge >= 0.3 is 23.1 Å². The van der Waals surface area contributed by atoms with Crippen molar-refractivity contribution in [1.29, 1.82) is 0 Å². The molecule has 1 aromatic rings. The summed E-state index contributed by atoms with van der Waals surface area (Å²) in [5.74, 6) is 0. The number of hydrogen-bond acceptors (Lipinski definition) is 0. The van der Waals surface area contributed by atoms with Crippen LogP contribution < -0.4 is 24.8 Å². The van der Waals surface area contributed by atoms with Gasteiger partial charge in [-0.3, -0.25) is 0 Å². The summed E-state index contributed by atoms with van der Waals surface area (Å²) in [4.78, 5) is 0. The molecule has 0 amide bonds. The van der Waals surface area contributed by atoms with Crippen LogP contribution in [0.25, 0.3) is 0 Å². The van der Waals surface area contributed by atoms with E-state index in [1.54, 1.807) is 0 Å². The Morgan fingerprint density at radius 3 is 1.82 bits per heavy atom. The number of rotatable bonds is 0. The molecule has 0 nitrogen and oxygen atoms in total. The molecule has 0 spiro atoms. The monoisotopic (exact) mass is 284 g/mol. The Labute approximate surface area is 108 Å². The van der Waals surface area contributed by atoms with E-state index in [-0.39, 0.29) is 47.9 Å². The molecule has 0 radical (unpaired) electrons. The van der Waals surface area contributed by atoms with Crippen LogP contribution in [0.1, 0.15) is 0 Å². The topological polar surface area (TPSA) is 0 Å². The fourth-order valence-electron chi connectivity index (χ4n) is 0.439. The van der Waals surface area contributed by atoms with Gasteiger partial charge in [0.05, 0.1) is 5.02 Å². The van der Waals surface area contributed by atoms with Crippen LogP contribution in [0.3, 0.4) is 0 Å². The van der Waals surface area contributed by atoms with Crippen LogP contribution in [-0.2, 0) is 0 Å². The Hall–Kier alpha value is 1.34. The molecular weight excluding hydrogens is 283 g/mol. The summed E-state index contributed by atoms with van der Waals surface area (Å²) in [5, 5.41) is 0.757. The first-order chi connectivity index (χ1) is 3.80. The average molecular weight is 287 g/mol. The van der Waals surface area contributed by atoms with Crippen molar-refractivity contribution in [3.8, 4) is 0 Å². The van der Waals surface area contributed by atoms with Gasteiger partial charge in [0.25, 0.3) is 0 Å². The minimum atomic E-state index is 0. The second-order valence-electron chi connectivity index (χ2n) is 1.41. The van der Waals surface area contributed by atoms with E-state index < -0.39 is 0 Å². The molecule has 0 unspecified atom stereocenters. The van der Waals surface area contributed by atoms with Gasteiger partial charge in [0.15, 0.2) is 0 Å². The van der Waals surface area contributed by atoms with Crippen LogP contribution in [0.2, 0.25) is 5.02 Å².